The normalized spacial score (nSPS) is 14.3. The maximum Gasteiger partial charge on any atom is 0.228 e. The second kappa shape index (κ2) is 7.72. The van der Waals surface area contributed by atoms with Gasteiger partial charge in [0, 0.05) is 24.7 Å². The highest BCUT2D eigenvalue weighted by atomic mass is 35.5. The molecule has 0 spiro atoms. The van der Waals surface area contributed by atoms with Crippen molar-refractivity contribution in [3.63, 3.8) is 0 Å². The number of halogens is 1. The van der Waals surface area contributed by atoms with Crippen molar-refractivity contribution in [2.24, 2.45) is 0 Å². The monoisotopic (exact) mass is 366 g/mol. The first kappa shape index (κ1) is 16.8. The van der Waals surface area contributed by atoms with Crippen LogP contribution in [0.5, 0.6) is 0 Å². The highest BCUT2D eigenvalue weighted by Gasteiger charge is 2.16. The van der Waals surface area contributed by atoms with Gasteiger partial charge in [-0.05, 0) is 12.1 Å². The minimum atomic E-state index is 0.653. The van der Waals surface area contributed by atoms with Crippen molar-refractivity contribution in [3.8, 4) is 11.3 Å². The van der Waals surface area contributed by atoms with Gasteiger partial charge < -0.3 is 15.0 Å². The summed E-state index contributed by atoms with van der Waals surface area (Å²) in [4.78, 5) is 11.6. The van der Waals surface area contributed by atoms with E-state index < -0.39 is 0 Å². The summed E-state index contributed by atoms with van der Waals surface area (Å²) >= 11 is 6.29. The molecule has 1 fully saturated rings. The van der Waals surface area contributed by atoms with Crippen molar-refractivity contribution < 1.29 is 4.74 Å². The first-order valence-corrected chi connectivity index (χ1v) is 8.96. The van der Waals surface area contributed by atoms with Crippen LogP contribution in [0.4, 0.5) is 17.5 Å². The molecule has 3 aromatic rings. The molecule has 1 aliphatic rings. The summed E-state index contributed by atoms with van der Waals surface area (Å²) in [7, 11) is 0. The van der Waals surface area contributed by atoms with E-state index in [1.54, 1.807) is 0 Å². The van der Waals surface area contributed by atoms with Gasteiger partial charge in [0.1, 0.15) is 5.82 Å². The van der Waals surface area contributed by atoms with Crippen molar-refractivity contribution >= 4 is 29.1 Å². The fourth-order valence-corrected chi connectivity index (χ4v) is 3.04. The number of ether oxygens (including phenoxy) is 1. The number of benzene rings is 2. The maximum absolute atomic E-state index is 6.29. The zero-order valence-electron chi connectivity index (χ0n) is 14.2. The number of nitrogens with one attached hydrogen (secondary N) is 1. The fraction of sp³-hybridized carbons (Fsp3) is 0.200. The van der Waals surface area contributed by atoms with Crippen molar-refractivity contribution in [3.05, 3.63) is 65.7 Å². The van der Waals surface area contributed by atoms with E-state index >= 15 is 0 Å². The Balaban J connectivity index is 1.73. The number of nitrogens with zero attached hydrogens (tertiary/aromatic N) is 3. The third-order valence-electron chi connectivity index (χ3n) is 4.21. The summed E-state index contributed by atoms with van der Waals surface area (Å²) in [5.41, 5.74) is 2.74. The Morgan fingerprint density at radius 1 is 0.923 bits per heavy atom. The Bertz CT molecular complexity index is 882. The summed E-state index contributed by atoms with van der Waals surface area (Å²) in [6, 6.07) is 19.7. The van der Waals surface area contributed by atoms with E-state index in [1.165, 1.54) is 0 Å². The summed E-state index contributed by atoms with van der Waals surface area (Å²) in [5, 5.41) is 3.97. The smallest absolute Gasteiger partial charge is 0.228 e. The standard InChI is InChI=1S/C20H19ClN4O/c21-16-8-4-5-9-17(16)22-19-14-18(15-6-2-1-3-7-15)23-20(24-19)25-10-12-26-13-11-25/h1-9,14H,10-13H2,(H,22,23,24). The van der Waals surface area contributed by atoms with Crippen LogP contribution in [0.15, 0.2) is 60.7 Å². The molecule has 1 aromatic heterocycles. The van der Waals surface area contributed by atoms with Crippen LogP contribution in [0.25, 0.3) is 11.3 Å². The van der Waals surface area contributed by atoms with E-state index in [0.717, 1.165) is 30.0 Å². The number of hydrogen-bond acceptors (Lipinski definition) is 5. The van der Waals surface area contributed by atoms with Gasteiger partial charge in [0.25, 0.3) is 0 Å². The van der Waals surface area contributed by atoms with Gasteiger partial charge >= 0.3 is 0 Å². The molecule has 132 valence electrons. The molecule has 0 bridgehead atoms. The first-order valence-electron chi connectivity index (χ1n) is 8.58. The molecule has 5 nitrogen and oxygen atoms in total. The zero-order chi connectivity index (χ0) is 17.8. The van der Waals surface area contributed by atoms with Crippen LogP contribution in [0, 0.1) is 0 Å². The highest BCUT2D eigenvalue weighted by molar-refractivity contribution is 6.33. The second-order valence-corrected chi connectivity index (χ2v) is 6.42. The van der Waals surface area contributed by atoms with Gasteiger partial charge in [-0.1, -0.05) is 54.1 Å². The van der Waals surface area contributed by atoms with E-state index in [0.29, 0.717) is 30.0 Å². The summed E-state index contributed by atoms with van der Waals surface area (Å²) in [6.07, 6.45) is 0. The number of morpholine rings is 1. The fourth-order valence-electron chi connectivity index (χ4n) is 2.86. The number of hydrogen-bond donors (Lipinski definition) is 1. The quantitative estimate of drug-likeness (QED) is 0.742. The molecule has 0 atom stereocenters. The van der Waals surface area contributed by atoms with Gasteiger partial charge in [-0.2, -0.15) is 4.98 Å². The lowest BCUT2D eigenvalue weighted by Gasteiger charge is -2.27. The molecule has 1 N–H and O–H groups in total. The van der Waals surface area contributed by atoms with E-state index in [4.69, 9.17) is 26.3 Å². The molecule has 1 aliphatic heterocycles. The van der Waals surface area contributed by atoms with Crippen molar-refractivity contribution in [1.82, 2.24) is 9.97 Å². The van der Waals surface area contributed by atoms with Crippen LogP contribution in [-0.4, -0.2) is 36.3 Å². The minimum Gasteiger partial charge on any atom is -0.378 e. The lowest BCUT2D eigenvalue weighted by Crippen LogP contribution is -2.37. The van der Waals surface area contributed by atoms with E-state index in [2.05, 4.69) is 10.2 Å². The first-order chi connectivity index (χ1) is 12.8. The van der Waals surface area contributed by atoms with E-state index in [1.807, 2.05) is 60.7 Å². The van der Waals surface area contributed by atoms with Gasteiger partial charge in [0.15, 0.2) is 0 Å². The molecule has 2 aromatic carbocycles. The van der Waals surface area contributed by atoms with Gasteiger partial charge in [0.05, 0.1) is 29.6 Å². The lowest BCUT2D eigenvalue weighted by atomic mass is 10.1. The summed E-state index contributed by atoms with van der Waals surface area (Å²) in [6.45, 7) is 2.94. The molecular weight excluding hydrogens is 348 g/mol. The van der Waals surface area contributed by atoms with Gasteiger partial charge in [0.2, 0.25) is 5.95 Å². The maximum atomic E-state index is 6.29. The van der Waals surface area contributed by atoms with Gasteiger partial charge in [-0.25, -0.2) is 4.98 Å². The molecule has 0 radical (unpaired) electrons. The third kappa shape index (κ3) is 3.79. The Kier molecular flexibility index (Phi) is 5.00. The molecule has 0 saturated carbocycles. The number of para-hydroxylation sites is 1. The molecular formula is C20H19ClN4O. The molecule has 2 heterocycles. The summed E-state index contributed by atoms with van der Waals surface area (Å²) < 4.78 is 5.45. The van der Waals surface area contributed by atoms with Gasteiger partial charge in [-0.3, -0.25) is 0 Å². The predicted octanol–water partition coefficient (Wildman–Crippen LogP) is 4.38. The Hall–Kier alpha value is -2.63. The SMILES string of the molecule is Clc1ccccc1Nc1cc(-c2ccccc2)nc(N2CCOCC2)n1. The number of aromatic nitrogens is 2. The second-order valence-electron chi connectivity index (χ2n) is 6.01. The Morgan fingerprint density at radius 2 is 1.65 bits per heavy atom. The molecule has 0 aliphatic carbocycles. The van der Waals surface area contributed by atoms with Crippen molar-refractivity contribution in [2.45, 2.75) is 0 Å². The Labute approximate surface area is 157 Å². The number of anilines is 3. The number of rotatable bonds is 4. The summed E-state index contributed by atoms with van der Waals surface area (Å²) in [5.74, 6) is 1.41. The largest absolute Gasteiger partial charge is 0.378 e. The van der Waals surface area contributed by atoms with Crippen LogP contribution >= 0.6 is 11.6 Å². The van der Waals surface area contributed by atoms with Gasteiger partial charge in [-0.15, -0.1) is 0 Å². The molecule has 0 amide bonds. The van der Waals surface area contributed by atoms with Crippen LogP contribution in [0.3, 0.4) is 0 Å². The lowest BCUT2D eigenvalue weighted by molar-refractivity contribution is 0.122. The zero-order valence-corrected chi connectivity index (χ0v) is 15.0. The van der Waals surface area contributed by atoms with E-state index in [9.17, 15) is 0 Å². The molecule has 6 heteroatoms. The molecule has 26 heavy (non-hydrogen) atoms. The van der Waals surface area contributed by atoms with Crippen molar-refractivity contribution in [2.75, 3.05) is 36.5 Å². The average Bonchev–Trinajstić information content (AvgIpc) is 2.71. The molecule has 0 unspecified atom stereocenters. The Morgan fingerprint density at radius 3 is 2.42 bits per heavy atom. The molecule has 4 rings (SSSR count). The van der Waals surface area contributed by atoms with Crippen LogP contribution in [0.1, 0.15) is 0 Å². The van der Waals surface area contributed by atoms with Crippen LogP contribution < -0.4 is 10.2 Å². The van der Waals surface area contributed by atoms with Crippen LogP contribution in [-0.2, 0) is 4.74 Å². The topological polar surface area (TPSA) is 50.3 Å². The minimum absolute atomic E-state index is 0.653. The molecule has 1 saturated heterocycles. The van der Waals surface area contributed by atoms with Crippen molar-refractivity contribution in [1.29, 1.82) is 0 Å². The highest BCUT2D eigenvalue weighted by Crippen LogP contribution is 2.28. The average molecular weight is 367 g/mol. The third-order valence-corrected chi connectivity index (χ3v) is 4.54. The van der Waals surface area contributed by atoms with E-state index in [-0.39, 0.29) is 0 Å². The predicted molar refractivity (Wildman–Crippen MR) is 105 cm³/mol. The van der Waals surface area contributed by atoms with Crippen LogP contribution in [0.2, 0.25) is 5.02 Å².